The summed E-state index contributed by atoms with van der Waals surface area (Å²) in [5, 5.41) is 30.2. The summed E-state index contributed by atoms with van der Waals surface area (Å²) in [5.41, 5.74) is 2.79. The van der Waals surface area contributed by atoms with Crippen molar-refractivity contribution in [3.05, 3.63) is 75.0 Å². The summed E-state index contributed by atoms with van der Waals surface area (Å²) in [6, 6.07) is 9.21. The summed E-state index contributed by atoms with van der Waals surface area (Å²) in [6.45, 7) is 8.70. The number of terminal acetylenes is 1. The van der Waals surface area contributed by atoms with Crippen molar-refractivity contribution < 1.29 is 47.9 Å². The zero-order chi connectivity index (χ0) is 44.1. The van der Waals surface area contributed by atoms with Gasteiger partial charge in [-0.05, 0) is 61.3 Å². The van der Waals surface area contributed by atoms with Gasteiger partial charge < -0.3 is 38.5 Å². The smallest absolute Gasteiger partial charge is 0.330 e. The van der Waals surface area contributed by atoms with Crippen molar-refractivity contribution in [2.24, 2.45) is 0 Å². The Hall–Kier alpha value is -5.91. The number of aromatic amines is 1. The van der Waals surface area contributed by atoms with E-state index in [1.165, 1.54) is 21.0 Å². The highest BCUT2D eigenvalue weighted by Gasteiger charge is 2.77. The predicted octanol–water partition coefficient (Wildman–Crippen LogP) is 5.48. The Labute approximate surface area is 367 Å². The minimum Gasteiger partial charge on any atom is -0.504 e. The van der Waals surface area contributed by atoms with E-state index < -0.39 is 70.0 Å². The van der Waals surface area contributed by atoms with Crippen molar-refractivity contribution in [1.29, 1.82) is 5.26 Å². The fraction of sp³-hybridized carbons (Fsp3) is 0.447. The van der Waals surface area contributed by atoms with Gasteiger partial charge in [-0.2, -0.15) is 5.26 Å². The first-order valence-electron chi connectivity index (χ1n) is 21.1. The second-order valence-electron chi connectivity index (χ2n) is 18.1. The lowest BCUT2D eigenvalue weighted by molar-refractivity contribution is -0.180. The van der Waals surface area contributed by atoms with Gasteiger partial charge in [-0.15, -0.1) is 6.42 Å². The van der Waals surface area contributed by atoms with E-state index in [1.54, 1.807) is 6.92 Å². The zero-order valence-corrected chi connectivity index (χ0v) is 36.4. The molecule has 4 bridgehead atoms. The summed E-state index contributed by atoms with van der Waals surface area (Å²) >= 11 is 1.15. The monoisotopic (exact) mass is 871 g/mol. The van der Waals surface area contributed by atoms with Gasteiger partial charge in [-0.3, -0.25) is 24.7 Å². The molecule has 4 aromatic rings. The topological polar surface area (TPSA) is 185 Å². The van der Waals surface area contributed by atoms with Crippen LogP contribution in [0.15, 0.2) is 30.3 Å². The van der Waals surface area contributed by atoms with Crippen LogP contribution in [0, 0.1) is 36.9 Å². The number of para-hydroxylation sites is 1. The van der Waals surface area contributed by atoms with Gasteiger partial charge in [-0.25, -0.2) is 4.79 Å². The van der Waals surface area contributed by atoms with Crippen LogP contribution in [-0.4, -0.2) is 87.7 Å². The van der Waals surface area contributed by atoms with Crippen LogP contribution in [0.3, 0.4) is 0 Å². The standard InChI is InChI=1S/C47H45N5O10S/c1-8-63-43-37-36-31-28(13-21(2)39(57-7)38(31)55)45(6)17-46(18-48,19-51(36)45)52(37)30-15-47(43,33-32(30)42-41(59-20-60-42)22(3)40(33)61-24(5)54)62-44(56)35-34-27(14-25(49-35)16-58-23(4)53)26-11-9-10-12-29(26)50-34/h1,9-13,25,30,35-37,43,49-50,55H,14-17,19-20H2,2-7H3/t25-,30-,35+,36+,37?,43-,45?,46-,47?/m0/s1. The third-order valence-electron chi connectivity index (χ3n) is 14.8. The number of aryl methyl sites for hydroxylation is 1. The molecule has 3 aromatic carbocycles. The molecule has 9 atom stereocenters. The molecule has 1 aliphatic carbocycles. The van der Waals surface area contributed by atoms with Gasteiger partial charge in [-0.1, -0.05) is 30.0 Å². The van der Waals surface area contributed by atoms with Crippen molar-refractivity contribution in [2.75, 3.05) is 27.1 Å². The fourth-order valence-corrected chi connectivity index (χ4v) is 13.7. The van der Waals surface area contributed by atoms with Crippen LogP contribution in [-0.2, 0) is 41.4 Å². The Balaban J connectivity index is 1.16. The number of piperazine rings is 1. The van der Waals surface area contributed by atoms with Crippen LogP contribution in [0.5, 0.6) is 28.7 Å². The molecule has 3 unspecified atom stereocenters. The number of nitrogens with one attached hydrogen (secondary N) is 2. The molecule has 0 saturated carbocycles. The fourth-order valence-electron chi connectivity index (χ4n) is 12.7. The number of hydrogen-bond donors (Lipinski definition) is 3. The predicted molar refractivity (Wildman–Crippen MR) is 227 cm³/mol. The first-order valence-corrected chi connectivity index (χ1v) is 21.9. The normalized spacial score (nSPS) is 31.3. The largest absolute Gasteiger partial charge is 0.504 e. The number of rotatable bonds is 7. The molecule has 0 radical (unpaired) electrons. The molecule has 15 nitrogen and oxygen atoms in total. The number of methoxy groups -OCH3 is 1. The molecule has 63 heavy (non-hydrogen) atoms. The molecular formula is C47H45N5O10S. The van der Waals surface area contributed by atoms with E-state index in [4.69, 9.17) is 34.8 Å². The first kappa shape index (κ1) is 39.9. The second-order valence-corrected chi connectivity index (χ2v) is 19.0. The van der Waals surface area contributed by atoms with Crippen molar-refractivity contribution >= 4 is 40.6 Å². The molecule has 3 N–H and O–H groups in total. The number of hydrogen-bond acceptors (Lipinski definition) is 15. The van der Waals surface area contributed by atoms with Gasteiger partial charge in [0.05, 0.1) is 24.5 Å². The van der Waals surface area contributed by atoms with Crippen LogP contribution in [0.1, 0.15) is 96.4 Å². The molecule has 0 spiro atoms. The first-order chi connectivity index (χ1) is 30.2. The quantitative estimate of drug-likeness (QED) is 0.120. The van der Waals surface area contributed by atoms with Crippen molar-refractivity contribution in [1.82, 2.24) is 20.1 Å². The number of fused-ring (bicyclic) bond motifs is 18. The van der Waals surface area contributed by atoms with Gasteiger partial charge in [0, 0.05) is 95.7 Å². The third kappa shape index (κ3) is 5.12. The molecule has 6 aliphatic heterocycles. The van der Waals surface area contributed by atoms with E-state index in [0.717, 1.165) is 39.4 Å². The number of carbonyl (C=O) groups is 3. The van der Waals surface area contributed by atoms with E-state index in [0.29, 0.717) is 64.6 Å². The minimum atomic E-state index is -1.62. The molecular weight excluding hydrogens is 827 g/mol. The average molecular weight is 872 g/mol. The number of nitrogens with zero attached hydrogens (tertiary/aromatic N) is 3. The molecule has 7 aliphatic rings. The summed E-state index contributed by atoms with van der Waals surface area (Å²) < 4.78 is 37.1. The number of aromatic nitrogens is 1. The minimum absolute atomic E-state index is 0.00843. The van der Waals surface area contributed by atoms with Gasteiger partial charge in [0.25, 0.3) is 0 Å². The highest BCUT2D eigenvalue weighted by molar-refractivity contribution is 8.04. The summed E-state index contributed by atoms with van der Waals surface area (Å²) in [5.74, 6) is -0.343. The lowest BCUT2D eigenvalue weighted by Crippen LogP contribution is -2.70. The van der Waals surface area contributed by atoms with Gasteiger partial charge in [0.15, 0.2) is 28.6 Å². The van der Waals surface area contributed by atoms with Gasteiger partial charge in [0.1, 0.15) is 23.9 Å². The maximum absolute atomic E-state index is 15.6. The number of aromatic hydroxyl groups is 1. The van der Waals surface area contributed by atoms with Crippen LogP contribution < -0.4 is 24.3 Å². The maximum Gasteiger partial charge on any atom is 0.330 e. The molecule has 11 rings (SSSR count). The number of ether oxygens (including phenoxy) is 6. The molecule has 7 heterocycles. The number of esters is 3. The van der Waals surface area contributed by atoms with Crippen LogP contribution in [0.25, 0.3) is 10.9 Å². The Kier molecular flexibility index (Phi) is 8.58. The van der Waals surface area contributed by atoms with Crippen molar-refractivity contribution in [3.63, 3.8) is 0 Å². The number of carbonyl (C=O) groups excluding carboxylic acids is 3. The van der Waals surface area contributed by atoms with E-state index in [1.807, 2.05) is 31.2 Å². The number of piperidine rings is 1. The number of phenolic OH excluding ortho intramolecular Hbond substituents is 1. The molecule has 0 amide bonds. The SMILES string of the molecule is C#CS[C@H]1C2[C@H]3c4c(cc(C)c(OC)c4O)C4(C)C[C@](C#N)(CN34)N2[C@H]2CC1(OC(=O)[C@@H]1N[C@H](COC(C)=O)Cc3c1[nH]c1ccccc31)c1c(OC(C)=O)c(C)c3c(c12)OCO3. The molecule has 1 aromatic heterocycles. The highest BCUT2D eigenvalue weighted by atomic mass is 32.2. The number of H-pyrrole nitrogens is 1. The number of benzene rings is 3. The summed E-state index contributed by atoms with van der Waals surface area (Å²) in [7, 11) is 1.53. The van der Waals surface area contributed by atoms with Gasteiger partial charge in [0.2, 0.25) is 6.79 Å². The van der Waals surface area contributed by atoms with Crippen LogP contribution >= 0.6 is 11.8 Å². The van der Waals surface area contributed by atoms with E-state index in [9.17, 15) is 20.0 Å². The summed E-state index contributed by atoms with van der Waals surface area (Å²) in [4.78, 5) is 48.9. The maximum atomic E-state index is 15.6. The Bertz CT molecular complexity index is 2830. The van der Waals surface area contributed by atoms with E-state index >= 15 is 4.79 Å². The van der Waals surface area contributed by atoms with Crippen LogP contribution in [0.4, 0.5) is 0 Å². The molecule has 3 fully saturated rings. The molecule has 3 saturated heterocycles. The molecule has 324 valence electrons. The zero-order valence-electron chi connectivity index (χ0n) is 35.5. The second kappa shape index (κ2) is 13.5. The average Bonchev–Trinajstić information content (AvgIpc) is 4.04. The third-order valence-corrected chi connectivity index (χ3v) is 15.8. The van der Waals surface area contributed by atoms with Crippen LogP contribution in [0.2, 0.25) is 0 Å². The highest BCUT2D eigenvalue weighted by Crippen LogP contribution is 2.74. The van der Waals surface area contributed by atoms with Crippen molar-refractivity contribution in [3.8, 4) is 46.5 Å². The van der Waals surface area contributed by atoms with E-state index in [2.05, 4.69) is 44.4 Å². The van der Waals surface area contributed by atoms with Gasteiger partial charge >= 0.3 is 17.9 Å². The number of phenols is 1. The summed E-state index contributed by atoms with van der Waals surface area (Å²) in [6.07, 6.45) is 7.36. The number of nitriles is 1. The lowest BCUT2D eigenvalue weighted by Gasteiger charge is -2.59. The molecule has 16 heteroatoms. The number of thioether (sulfide) groups is 1. The van der Waals surface area contributed by atoms with Crippen molar-refractivity contribution in [2.45, 2.75) is 106 Å². The Morgan fingerprint density at radius 3 is 2.62 bits per heavy atom. The van der Waals surface area contributed by atoms with E-state index in [-0.39, 0.29) is 31.3 Å². The lowest BCUT2D eigenvalue weighted by atomic mass is 9.72. The Morgan fingerprint density at radius 2 is 1.89 bits per heavy atom. The Morgan fingerprint density at radius 1 is 1.11 bits per heavy atom.